The van der Waals surface area contributed by atoms with E-state index in [1.54, 1.807) is 0 Å². The van der Waals surface area contributed by atoms with Crippen LogP contribution in [0.4, 0.5) is 0 Å². The molecule has 0 heterocycles. The van der Waals surface area contributed by atoms with Gasteiger partial charge in [0.15, 0.2) is 0 Å². The van der Waals surface area contributed by atoms with Crippen LogP contribution in [0.2, 0.25) is 0 Å². The molecule has 0 nitrogen and oxygen atoms in total. The average molecular weight is 184 g/mol. The molecule has 0 aliphatic heterocycles. The molecule has 2 rings (SSSR count). The quantitative estimate of drug-likeness (QED) is 0.659. The fourth-order valence-corrected chi connectivity index (χ4v) is 2.02. The molecule has 0 atom stereocenters. The monoisotopic (exact) mass is 184 g/mol. The van der Waals surface area contributed by atoms with E-state index in [-0.39, 0.29) is 0 Å². The summed E-state index contributed by atoms with van der Waals surface area (Å²) in [5, 5.41) is 0. The first-order valence-corrected chi connectivity index (χ1v) is 5.17. The molecule has 0 saturated heterocycles. The number of hydrogen-bond donors (Lipinski definition) is 0. The van der Waals surface area contributed by atoms with Gasteiger partial charge in [0.1, 0.15) is 0 Å². The summed E-state index contributed by atoms with van der Waals surface area (Å²) in [6.45, 7) is 4.40. The molecule has 0 saturated carbocycles. The number of benzene rings is 1. The van der Waals surface area contributed by atoms with Crippen molar-refractivity contribution in [1.82, 2.24) is 0 Å². The smallest absolute Gasteiger partial charge is 0.000663 e. The van der Waals surface area contributed by atoms with Gasteiger partial charge < -0.3 is 0 Å². The Balaban J connectivity index is 2.23. The van der Waals surface area contributed by atoms with Crippen LogP contribution in [0.1, 0.15) is 16.7 Å². The Labute approximate surface area is 86.0 Å². The highest BCUT2D eigenvalue weighted by atomic mass is 14.1. The summed E-state index contributed by atoms with van der Waals surface area (Å²) in [6, 6.07) is 6.53. The average Bonchev–Trinajstić information content (AvgIpc) is 2.64. The molecule has 0 amide bonds. The number of rotatable bonds is 2. The Morgan fingerprint density at radius 3 is 2.14 bits per heavy atom. The number of hydrogen-bond acceptors (Lipinski definition) is 0. The molecule has 0 radical (unpaired) electrons. The molecule has 1 aromatic rings. The van der Waals surface area contributed by atoms with Crippen LogP contribution in [0.25, 0.3) is 0 Å². The first-order valence-electron chi connectivity index (χ1n) is 5.17. The van der Waals surface area contributed by atoms with Crippen molar-refractivity contribution >= 4 is 0 Å². The van der Waals surface area contributed by atoms with E-state index in [4.69, 9.17) is 0 Å². The van der Waals surface area contributed by atoms with E-state index in [0.29, 0.717) is 5.92 Å². The Bertz CT molecular complexity index is 351. The van der Waals surface area contributed by atoms with Crippen LogP contribution in [-0.4, -0.2) is 0 Å². The summed E-state index contributed by atoms with van der Waals surface area (Å²) in [5.74, 6) is 0.606. The lowest BCUT2D eigenvalue weighted by Crippen LogP contribution is -2.00. The van der Waals surface area contributed by atoms with Crippen LogP contribution in [-0.2, 0) is 6.42 Å². The molecule has 1 aliphatic carbocycles. The molecule has 0 heteroatoms. The van der Waals surface area contributed by atoms with E-state index < -0.39 is 0 Å². The van der Waals surface area contributed by atoms with Gasteiger partial charge in [0.2, 0.25) is 0 Å². The molecule has 1 aromatic carbocycles. The summed E-state index contributed by atoms with van der Waals surface area (Å²) in [6.07, 6.45) is 9.96. The summed E-state index contributed by atoms with van der Waals surface area (Å²) >= 11 is 0. The maximum atomic E-state index is 2.27. The number of allylic oxidation sites excluding steroid dienone is 4. The SMILES string of the molecule is Cc1cccc(C)c1CC1C=CC=C1. The van der Waals surface area contributed by atoms with Gasteiger partial charge in [0, 0.05) is 0 Å². The molecular formula is C14H16. The third-order valence-electron chi connectivity index (χ3n) is 2.91. The van der Waals surface area contributed by atoms with Gasteiger partial charge in [-0.15, -0.1) is 0 Å². The molecule has 0 bridgehead atoms. The molecule has 0 fully saturated rings. The van der Waals surface area contributed by atoms with Gasteiger partial charge in [0.25, 0.3) is 0 Å². The molecular weight excluding hydrogens is 168 g/mol. The molecule has 14 heavy (non-hydrogen) atoms. The second kappa shape index (κ2) is 3.83. The molecule has 0 N–H and O–H groups in total. The normalized spacial score (nSPS) is 15.3. The van der Waals surface area contributed by atoms with Crippen molar-refractivity contribution in [3.8, 4) is 0 Å². The van der Waals surface area contributed by atoms with E-state index in [9.17, 15) is 0 Å². The van der Waals surface area contributed by atoms with Gasteiger partial charge in [-0.25, -0.2) is 0 Å². The lowest BCUT2D eigenvalue weighted by Gasteiger charge is -2.11. The predicted molar refractivity (Wildman–Crippen MR) is 61.4 cm³/mol. The second-order valence-electron chi connectivity index (χ2n) is 4.01. The van der Waals surface area contributed by atoms with Gasteiger partial charge in [0.05, 0.1) is 0 Å². The largest absolute Gasteiger partial charge is 0.0773 e. The maximum absolute atomic E-state index is 2.27. The topological polar surface area (TPSA) is 0 Å². The first-order chi connectivity index (χ1) is 6.77. The van der Waals surface area contributed by atoms with Gasteiger partial charge in [-0.05, 0) is 42.9 Å². The van der Waals surface area contributed by atoms with Gasteiger partial charge >= 0.3 is 0 Å². The van der Waals surface area contributed by atoms with Crippen LogP contribution in [0, 0.1) is 19.8 Å². The van der Waals surface area contributed by atoms with Gasteiger partial charge in [-0.3, -0.25) is 0 Å². The van der Waals surface area contributed by atoms with E-state index in [0.717, 1.165) is 6.42 Å². The van der Waals surface area contributed by atoms with Crippen molar-refractivity contribution in [2.75, 3.05) is 0 Å². The standard InChI is InChI=1S/C14H16/c1-11-6-5-7-12(2)14(11)10-13-8-3-4-9-13/h3-9,13H,10H2,1-2H3. The molecule has 72 valence electrons. The van der Waals surface area contributed by atoms with Gasteiger partial charge in [-0.1, -0.05) is 42.5 Å². The minimum atomic E-state index is 0.606. The third kappa shape index (κ3) is 1.79. The van der Waals surface area contributed by atoms with Gasteiger partial charge in [-0.2, -0.15) is 0 Å². The fourth-order valence-electron chi connectivity index (χ4n) is 2.02. The lowest BCUT2D eigenvalue weighted by atomic mass is 9.93. The maximum Gasteiger partial charge on any atom is -0.000663 e. The summed E-state index contributed by atoms with van der Waals surface area (Å²) in [4.78, 5) is 0. The summed E-state index contributed by atoms with van der Waals surface area (Å²) in [5.41, 5.74) is 4.34. The van der Waals surface area contributed by atoms with Crippen LogP contribution in [0.5, 0.6) is 0 Å². The third-order valence-corrected chi connectivity index (χ3v) is 2.91. The van der Waals surface area contributed by atoms with E-state index >= 15 is 0 Å². The Kier molecular flexibility index (Phi) is 2.53. The van der Waals surface area contributed by atoms with E-state index in [1.165, 1.54) is 16.7 Å². The van der Waals surface area contributed by atoms with Crippen LogP contribution in [0.15, 0.2) is 42.5 Å². The molecule has 0 spiro atoms. The second-order valence-corrected chi connectivity index (χ2v) is 4.01. The molecule has 0 aromatic heterocycles. The number of aryl methyl sites for hydroxylation is 2. The summed E-state index contributed by atoms with van der Waals surface area (Å²) in [7, 11) is 0. The highest BCUT2D eigenvalue weighted by molar-refractivity contribution is 5.35. The van der Waals surface area contributed by atoms with Crippen molar-refractivity contribution < 1.29 is 0 Å². The fraction of sp³-hybridized carbons (Fsp3) is 0.286. The van der Waals surface area contributed by atoms with Crippen molar-refractivity contribution in [3.63, 3.8) is 0 Å². The zero-order chi connectivity index (χ0) is 9.97. The zero-order valence-corrected chi connectivity index (χ0v) is 8.83. The Morgan fingerprint density at radius 1 is 1.00 bits per heavy atom. The van der Waals surface area contributed by atoms with E-state index in [2.05, 4.69) is 56.4 Å². The molecule has 1 aliphatic rings. The highest BCUT2D eigenvalue weighted by Gasteiger charge is 2.08. The van der Waals surface area contributed by atoms with E-state index in [1.807, 2.05) is 0 Å². The lowest BCUT2D eigenvalue weighted by molar-refractivity contribution is 0.804. The Morgan fingerprint density at radius 2 is 1.57 bits per heavy atom. The first kappa shape index (κ1) is 9.26. The highest BCUT2D eigenvalue weighted by Crippen LogP contribution is 2.21. The zero-order valence-electron chi connectivity index (χ0n) is 8.83. The predicted octanol–water partition coefficient (Wildman–Crippen LogP) is 3.59. The van der Waals surface area contributed by atoms with Crippen molar-refractivity contribution in [2.24, 2.45) is 5.92 Å². The molecule has 0 unspecified atom stereocenters. The van der Waals surface area contributed by atoms with Crippen molar-refractivity contribution in [1.29, 1.82) is 0 Å². The minimum absolute atomic E-state index is 0.606. The van der Waals surface area contributed by atoms with Crippen LogP contribution < -0.4 is 0 Å². The Hall–Kier alpha value is -1.30. The van der Waals surface area contributed by atoms with Crippen molar-refractivity contribution in [2.45, 2.75) is 20.3 Å². The van der Waals surface area contributed by atoms with Crippen LogP contribution in [0.3, 0.4) is 0 Å². The van der Waals surface area contributed by atoms with Crippen LogP contribution >= 0.6 is 0 Å². The summed E-state index contributed by atoms with van der Waals surface area (Å²) < 4.78 is 0. The van der Waals surface area contributed by atoms with Crippen molar-refractivity contribution in [3.05, 3.63) is 59.2 Å². The minimum Gasteiger partial charge on any atom is -0.0773 e.